The highest BCUT2D eigenvalue weighted by atomic mass is 19.3. The summed E-state index contributed by atoms with van der Waals surface area (Å²) in [6, 6.07) is 7.02. The number of aromatic nitrogens is 2. The van der Waals surface area contributed by atoms with E-state index in [-0.39, 0.29) is 37.4 Å². The monoisotopic (exact) mass is 403 g/mol. The normalized spacial score (nSPS) is 16.2. The lowest BCUT2D eigenvalue weighted by molar-refractivity contribution is -0.0494. The maximum atomic E-state index is 14.0. The summed E-state index contributed by atoms with van der Waals surface area (Å²) in [6.45, 7) is -0.0276. The summed E-state index contributed by atoms with van der Waals surface area (Å²) < 4.78 is 42.2. The molecule has 1 aliphatic rings. The minimum absolute atomic E-state index is 0.0138. The number of hydrogen-bond acceptors (Lipinski definition) is 3. The molecule has 3 aromatic rings. The number of aromatic carboxylic acids is 1. The Hall–Kier alpha value is -3.36. The van der Waals surface area contributed by atoms with Crippen molar-refractivity contribution in [1.29, 1.82) is 0 Å². The average Bonchev–Trinajstić information content (AvgIpc) is 3.10. The number of carboxylic acid groups (broad SMARTS) is 1. The quantitative estimate of drug-likeness (QED) is 0.723. The maximum Gasteiger partial charge on any atom is 0.338 e. The molecule has 0 saturated carbocycles. The van der Waals surface area contributed by atoms with Crippen LogP contribution in [0.4, 0.5) is 13.2 Å². The molecule has 1 aromatic carbocycles. The molecule has 6 nitrogen and oxygen atoms in total. The molecular weight excluding hydrogens is 387 g/mol. The molecule has 3 heterocycles. The molecule has 29 heavy (non-hydrogen) atoms. The average molecular weight is 403 g/mol. The Morgan fingerprint density at radius 2 is 1.83 bits per heavy atom. The predicted molar refractivity (Wildman–Crippen MR) is 98.1 cm³/mol. The Morgan fingerprint density at radius 1 is 1.10 bits per heavy atom. The van der Waals surface area contributed by atoms with Gasteiger partial charge in [0.25, 0.3) is 11.8 Å². The van der Waals surface area contributed by atoms with Crippen LogP contribution in [0.15, 0.2) is 42.7 Å². The number of carbonyl (C=O) groups excluding carboxylic acids is 1. The number of likely N-dealkylation sites (tertiary alicyclic amines) is 1. The summed E-state index contributed by atoms with van der Waals surface area (Å²) >= 11 is 0. The Balaban J connectivity index is 1.62. The zero-order valence-corrected chi connectivity index (χ0v) is 15.1. The minimum Gasteiger partial charge on any atom is -0.478 e. The predicted octanol–water partition coefficient (Wildman–Crippen LogP) is 3.73. The number of halogens is 3. The van der Waals surface area contributed by atoms with Crippen molar-refractivity contribution in [2.24, 2.45) is 0 Å². The number of alkyl halides is 2. The van der Waals surface area contributed by atoms with Crippen LogP contribution in [0.3, 0.4) is 0 Å². The molecule has 1 N–H and O–H groups in total. The molecular formula is C20H16F3N3O3. The molecule has 1 fully saturated rings. The highest BCUT2D eigenvalue weighted by Crippen LogP contribution is 2.29. The van der Waals surface area contributed by atoms with Gasteiger partial charge in [0.2, 0.25) is 0 Å². The first-order chi connectivity index (χ1) is 13.7. The summed E-state index contributed by atoms with van der Waals surface area (Å²) in [5, 5.41) is 9.55. The first-order valence-corrected chi connectivity index (χ1v) is 8.93. The van der Waals surface area contributed by atoms with Crippen LogP contribution >= 0.6 is 0 Å². The maximum absolute atomic E-state index is 14.0. The lowest BCUT2D eigenvalue weighted by Crippen LogP contribution is -2.42. The van der Waals surface area contributed by atoms with Crippen LogP contribution in [0.2, 0.25) is 0 Å². The van der Waals surface area contributed by atoms with Gasteiger partial charge in [0, 0.05) is 49.4 Å². The van der Waals surface area contributed by atoms with Crippen LogP contribution in [0.25, 0.3) is 16.7 Å². The van der Waals surface area contributed by atoms with E-state index in [0.29, 0.717) is 16.7 Å². The number of hydrogen-bond donors (Lipinski definition) is 1. The van der Waals surface area contributed by atoms with Crippen molar-refractivity contribution in [1.82, 2.24) is 14.5 Å². The van der Waals surface area contributed by atoms with Gasteiger partial charge in [-0.1, -0.05) is 0 Å². The van der Waals surface area contributed by atoms with Gasteiger partial charge in [-0.05, 0) is 30.3 Å². The van der Waals surface area contributed by atoms with E-state index in [2.05, 4.69) is 4.98 Å². The third-order valence-corrected chi connectivity index (χ3v) is 5.02. The van der Waals surface area contributed by atoms with Gasteiger partial charge in [-0.3, -0.25) is 4.79 Å². The van der Waals surface area contributed by atoms with Gasteiger partial charge >= 0.3 is 5.97 Å². The van der Waals surface area contributed by atoms with E-state index in [1.165, 1.54) is 23.2 Å². The molecule has 1 amide bonds. The molecule has 1 saturated heterocycles. The van der Waals surface area contributed by atoms with E-state index in [9.17, 15) is 22.8 Å². The number of rotatable bonds is 3. The van der Waals surface area contributed by atoms with Crippen molar-refractivity contribution >= 4 is 22.9 Å². The third kappa shape index (κ3) is 3.55. The molecule has 1 aliphatic heterocycles. The van der Waals surface area contributed by atoms with E-state index in [1.54, 1.807) is 22.9 Å². The van der Waals surface area contributed by atoms with E-state index in [0.717, 1.165) is 6.07 Å². The summed E-state index contributed by atoms with van der Waals surface area (Å²) in [7, 11) is 0. The Labute approximate surface area is 163 Å². The summed E-state index contributed by atoms with van der Waals surface area (Å²) in [5.74, 6) is -5.32. The summed E-state index contributed by atoms with van der Waals surface area (Å²) in [5.41, 5.74) is 0.688. The van der Waals surface area contributed by atoms with Crippen LogP contribution in [0, 0.1) is 5.82 Å². The molecule has 150 valence electrons. The Morgan fingerprint density at radius 3 is 2.48 bits per heavy atom. The van der Waals surface area contributed by atoms with E-state index in [1.807, 2.05) is 0 Å². The van der Waals surface area contributed by atoms with Crippen LogP contribution in [-0.4, -0.2) is 50.4 Å². The second-order valence-corrected chi connectivity index (χ2v) is 6.94. The van der Waals surface area contributed by atoms with Gasteiger partial charge in [0.1, 0.15) is 11.5 Å². The lowest BCUT2D eigenvalue weighted by atomic mass is 10.1. The number of fused-ring (bicyclic) bond motifs is 1. The SMILES string of the molecule is O=C(O)c1ccc(-n2ccc3cc(C(=O)N4CCC(F)(F)CC4)cnc32)cc1F. The Kier molecular flexibility index (Phi) is 4.52. The molecule has 0 spiro atoms. The molecule has 0 unspecified atom stereocenters. The number of piperidine rings is 1. The van der Waals surface area contributed by atoms with Crippen molar-refractivity contribution in [2.75, 3.05) is 13.1 Å². The number of amides is 1. The zero-order valence-electron chi connectivity index (χ0n) is 15.1. The van der Waals surface area contributed by atoms with E-state index >= 15 is 0 Å². The number of nitrogens with zero attached hydrogens (tertiary/aromatic N) is 3. The zero-order chi connectivity index (χ0) is 20.8. The number of carboxylic acids is 1. The number of carbonyl (C=O) groups is 2. The largest absolute Gasteiger partial charge is 0.478 e. The second-order valence-electron chi connectivity index (χ2n) is 6.94. The van der Waals surface area contributed by atoms with Crippen molar-refractivity contribution < 1.29 is 27.9 Å². The minimum atomic E-state index is -2.73. The lowest BCUT2D eigenvalue weighted by Gasteiger charge is -2.31. The fraction of sp³-hybridized carbons (Fsp3) is 0.250. The van der Waals surface area contributed by atoms with Gasteiger partial charge in [0.05, 0.1) is 11.1 Å². The second kappa shape index (κ2) is 6.91. The third-order valence-electron chi connectivity index (χ3n) is 5.02. The molecule has 2 aromatic heterocycles. The molecule has 9 heteroatoms. The topological polar surface area (TPSA) is 75.4 Å². The number of benzene rings is 1. The van der Waals surface area contributed by atoms with Gasteiger partial charge in [-0.25, -0.2) is 22.9 Å². The summed E-state index contributed by atoms with van der Waals surface area (Å²) in [6.07, 6.45) is 2.27. The van der Waals surface area contributed by atoms with Crippen LogP contribution in [0.5, 0.6) is 0 Å². The fourth-order valence-corrected chi connectivity index (χ4v) is 3.40. The molecule has 0 radical (unpaired) electrons. The summed E-state index contributed by atoms with van der Waals surface area (Å²) in [4.78, 5) is 29.2. The molecule has 0 bridgehead atoms. The van der Waals surface area contributed by atoms with Crippen LogP contribution in [-0.2, 0) is 0 Å². The van der Waals surface area contributed by atoms with Gasteiger partial charge < -0.3 is 14.6 Å². The van der Waals surface area contributed by atoms with Crippen LogP contribution < -0.4 is 0 Å². The standard InChI is InChI=1S/C20H16F3N3O3/c21-16-10-14(1-2-15(16)19(28)29)26-6-3-12-9-13(11-24-17(12)26)18(27)25-7-4-20(22,23)5-8-25/h1-3,6,9-11H,4-5,7-8H2,(H,28,29). The van der Waals surface area contributed by atoms with Gasteiger partial charge in [-0.2, -0.15) is 0 Å². The van der Waals surface area contributed by atoms with E-state index in [4.69, 9.17) is 5.11 Å². The van der Waals surface area contributed by atoms with Gasteiger partial charge in [0.15, 0.2) is 0 Å². The van der Waals surface area contributed by atoms with Crippen molar-refractivity contribution in [3.63, 3.8) is 0 Å². The Bertz CT molecular complexity index is 1120. The number of pyridine rings is 1. The molecule has 0 aliphatic carbocycles. The molecule has 4 rings (SSSR count). The van der Waals surface area contributed by atoms with Crippen molar-refractivity contribution in [3.8, 4) is 5.69 Å². The fourth-order valence-electron chi connectivity index (χ4n) is 3.40. The highest BCUT2D eigenvalue weighted by Gasteiger charge is 2.35. The first-order valence-electron chi connectivity index (χ1n) is 8.93. The molecule has 0 atom stereocenters. The highest BCUT2D eigenvalue weighted by molar-refractivity contribution is 5.97. The van der Waals surface area contributed by atoms with Crippen molar-refractivity contribution in [3.05, 3.63) is 59.7 Å². The van der Waals surface area contributed by atoms with Gasteiger partial charge in [-0.15, -0.1) is 0 Å². The van der Waals surface area contributed by atoms with E-state index < -0.39 is 23.3 Å². The van der Waals surface area contributed by atoms with Crippen molar-refractivity contribution in [2.45, 2.75) is 18.8 Å². The first kappa shape index (κ1) is 19.0. The smallest absolute Gasteiger partial charge is 0.338 e. The van der Waals surface area contributed by atoms with Crippen LogP contribution in [0.1, 0.15) is 33.6 Å².